The fourth-order valence-electron chi connectivity index (χ4n) is 4.79. The third kappa shape index (κ3) is 7.46. The number of rotatable bonds is 7. The largest absolute Gasteiger partial charge is 0.478 e. The van der Waals surface area contributed by atoms with Crippen molar-refractivity contribution in [3.63, 3.8) is 0 Å². The molecule has 1 saturated carbocycles. The number of carboxylic acid groups (broad SMARTS) is 2. The minimum atomic E-state index is -1.26. The molecule has 0 unspecified atom stereocenters. The molecule has 2 aliphatic rings. The Morgan fingerprint density at radius 2 is 1.62 bits per heavy atom. The van der Waals surface area contributed by atoms with Crippen LogP contribution in [0.25, 0.3) is 10.8 Å². The zero-order valence-corrected chi connectivity index (χ0v) is 18.6. The molecule has 0 aromatic heterocycles. The SMILES string of the molecule is O=C(O)/C=C/C(=O)O.c1ccc2c(CN(CC3CCCCC3)[C@H]3CCNC3)cccc2c1. The zero-order valence-electron chi connectivity index (χ0n) is 18.6. The molecule has 0 amide bonds. The van der Waals surface area contributed by atoms with E-state index in [9.17, 15) is 9.59 Å². The lowest BCUT2D eigenvalue weighted by Gasteiger charge is -2.34. The van der Waals surface area contributed by atoms with Crippen molar-refractivity contribution in [2.75, 3.05) is 19.6 Å². The van der Waals surface area contributed by atoms with Gasteiger partial charge in [-0.15, -0.1) is 0 Å². The lowest BCUT2D eigenvalue weighted by molar-refractivity contribution is -0.134. The molecule has 172 valence electrons. The highest BCUT2D eigenvalue weighted by Crippen LogP contribution is 2.28. The van der Waals surface area contributed by atoms with Crippen LogP contribution in [0.4, 0.5) is 0 Å². The Balaban J connectivity index is 0.000000312. The Labute approximate surface area is 189 Å². The van der Waals surface area contributed by atoms with E-state index in [1.807, 2.05) is 0 Å². The van der Waals surface area contributed by atoms with E-state index < -0.39 is 11.9 Å². The fraction of sp³-hybridized carbons (Fsp3) is 0.462. The molecular weight excluding hydrogens is 404 g/mol. The van der Waals surface area contributed by atoms with Crippen LogP contribution in [0.5, 0.6) is 0 Å². The Bertz CT molecular complexity index is 894. The molecule has 1 heterocycles. The predicted molar refractivity (Wildman–Crippen MR) is 127 cm³/mol. The summed E-state index contributed by atoms with van der Waals surface area (Å²) in [6.45, 7) is 4.73. The van der Waals surface area contributed by atoms with Gasteiger partial charge in [-0.1, -0.05) is 61.7 Å². The second-order valence-electron chi connectivity index (χ2n) is 8.73. The average Bonchev–Trinajstić information content (AvgIpc) is 3.34. The van der Waals surface area contributed by atoms with Crippen LogP contribution < -0.4 is 5.32 Å². The Morgan fingerprint density at radius 3 is 2.28 bits per heavy atom. The molecule has 1 saturated heterocycles. The van der Waals surface area contributed by atoms with Gasteiger partial charge in [0, 0.05) is 37.8 Å². The Hall–Kier alpha value is -2.70. The van der Waals surface area contributed by atoms with E-state index in [1.165, 1.54) is 68.0 Å². The first kappa shape index (κ1) is 24.0. The van der Waals surface area contributed by atoms with Crippen molar-refractivity contribution in [1.29, 1.82) is 0 Å². The Morgan fingerprint density at radius 1 is 0.938 bits per heavy atom. The molecule has 2 aromatic carbocycles. The minimum absolute atomic E-state index is 0.558. The van der Waals surface area contributed by atoms with E-state index >= 15 is 0 Å². The zero-order chi connectivity index (χ0) is 22.8. The highest BCUT2D eigenvalue weighted by Gasteiger charge is 2.26. The van der Waals surface area contributed by atoms with Crippen LogP contribution in [-0.2, 0) is 16.1 Å². The quantitative estimate of drug-likeness (QED) is 0.559. The molecule has 1 aliphatic carbocycles. The van der Waals surface area contributed by atoms with Gasteiger partial charge in [0.25, 0.3) is 0 Å². The third-order valence-electron chi connectivity index (χ3n) is 6.39. The van der Waals surface area contributed by atoms with Gasteiger partial charge in [-0.25, -0.2) is 9.59 Å². The predicted octanol–water partition coefficient (Wildman–Crippen LogP) is 4.30. The maximum Gasteiger partial charge on any atom is 0.328 e. The van der Waals surface area contributed by atoms with E-state index in [0.29, 0.717) is 18.2 Å². The summed E-state index contributed by atoms with van der Waals surface area (Å²) in [5, 5.41) is 22.0. The molecule has 4 rings (SSSR count). The van der Waals surface area contributed by atoms with Crippen molar-refractivity contribution in [2.24, 2.45) is 5.92 Å². The maximum atomic E-state index is 9.55. The minimum Gasteiger partial charge on any atom is -0.478 e. The Kier molecular flexibility index (Phi) is 9.26. The van der Waals surface area contributed by atoms with Crippen molar-refractivity contribution in [2.45, 2.75) is 51.1 Å². The number of hydrogen-bond acceptors (Lipinski definition) is 4. The van der Waals surface area contributed by atoms with Gasteiger partial charge in [0.15, 0.2) is 0 Å². The molecule has 0 bridgehead atoms. The van der Waals surface area contributed by atoms with Gasteiger partial charge in [0.1, 0.15) is 0 Å². The standard InChI is InChI=1S/C22H30N2.C4H4O4/c1-2-7-18(8-3-1)16-24(21-13-14-23-15-21)17-20-11-6-10-19-9-4-5-12-22(19)20;5-3(6)1-2-4(7)8/h4-6,9-12,18,21,23H,1-3,7-8,13-17H2;1-2H,(H,5,6)(H,7,8)/b;2-1+/t21-;/m0./s1. The summed E-state index contributed by atoms with van der Waals surface area (Å²) in [5.74, 6) is -1.60. The van der Waals surface area contributed by atoms with Gasteiger partial charge in [0.05, 0.1) is 0 Å². The molecule has 1 atom stereocenters. The molecule has 1 aliphatic heterocycles. The molecule has 6 nitrogen and oxygen atoms in total. The summed E-state index contributed by atoms with van der Waals surface area (Å²) >= 11 is 0. The van der Waals surface area contributed by atoms with Gasteiger partial charge >= 0.3 is 11.9 Å². The summed E-state index contributed by atoms with van der Waals surface area (Å²) in [5.41, 5.74) is 1.50. The number of hydrogen-bond donors (Lipinski definition) is 3. The summed E-state index contributed by atoms with van der Waals surface area (Å²) in [6.07, 6.45) is 9.62. The average molecular weight is 439 g/mol. The van der Waals surface area contributed by atoms with Crippen LogP contribution >= 0.6 is 0 Å². The lowest BCUT2D eigenvalue weighted by Crippen LogP contribution is -2.40. The number of benzene rings is 2. The first-order valence-corrected chi connectivity index (χ1v) is 11.6. The van der Waals surface area contributed by atoms with E-state index in [4.69, 9.17) is 10.2 Å². The fourth-order valence-corrected chi connectivity index (χ4v) is 4.79. The molecule has 2 aromatic rings. The molecule has 32 heavy (non-hydrogen) atoms. The molecular formula is C26H34N2O4. The summed E-state index contributed by atoms with van der Waals surface area (Å²) in [7, 11) is 0. The van der Waals surface area contributed by atoms with Crippen molar-refractivity contribution >= 4 is 22.7 Å². The van der Waals surface area contributed by atoms with Gasteiger partial charge < -0.3 is 15.5 Å². The first-order chi connectivity index (χ1) is 15.5. The maximum absolute atomic E-state index is 9.55. The van der Waals surface area contributed by atoms with Crippen molar-refractivity contribution < 1.29 is 19.8 Å². The highest BCUT2D eigenvalue weighted by atomic mass is 16.4. The van der Waals surface area contributed by atoms with E-state index in [2.05, 4.69) is 52.7 Å². The lowest BCUT2D eigenvalue weighted by atomic mass is 9.88. The molecule has 3 N–H and O–H groups in total. The van der Waals surface area contributed by atoms with Crippen molar-refractivity contribution in [3.8, 4) is 0 Å². The van der Waals surface area contributed by atoms with Crippen molar-refractivity contribution in [3.05, 3.63) is 60.2 Å². The third-order valence-corrected chi connectivity index (χ3v) is 6.39. The first-order valence-electron chi connectivity index (χ1n) is 11.6. The van der Waals surface area contributed by atoms with Crippen LogP contribution in [0.2, 0.25) is 0 Å². The monoisotopic (exact) mass is 438 g/mol. The van der Waals surface area contributed by atoms with E-state index in [1.54, 1.807) is 0 Å². The summed E-state index contributed by atoms with van der Waals surface area (Å²) in [6, 6.07) is 16.4. The normalized spacial score (nSPS) is 19.2. The van der Waals surface area contributed by atoms with Gasteiger partial charge in [-0.05, 0) is 48.1 Å². The van der Waals surface area contributed by atoms with Crippen LogP contribution in [0.3, 0.4) is 0 Å². The van der Waals surface area contributed by atoms with E-state index in [0.717, 1.165) is 19.0 Å². The van der Waals surface area contributed by atoms with Gasteiger partial charge in [-0.2, -0.15) is 0 Å². The summed E-state index contributed by atoms with van der Waals surface area (Å²) < 4.78 is 0. The number of nitrogens with zero attached hydrogens (tertiary/aromatic N) is 1. The second-order valence-corrected chi connectivity index (χ2v) is 8.73. The van der Waals surface area contributed by atoms with Crippen LogP contribution in [0, 0.1) is 5.92 Å². The smallest absolute Gasteiger partial charge is 0.328 e. The number of aliphatic carboxylic acids is 2. The van der Waals surface area contributed by atoms with E-state index in [-0.39, 0.29) is 0 Å². The summed E-state index contributed by atoms with van der Waals surface area (Å²) in [4.78, 5) is 21.9. The number of carboxylic acids is 2. The van der Waals surface area contributed by atoms with Crippen molar-refractivity contribution in [1.82, 2.24) is 10.2 Å². The number of nitrogens with one attached hydrogen (secondary N) is 1. The number of carbonyl (C=O) groups is 2. The second kappa shape index (κ2) is 12.4. The topological polar surface area (TPSA) is 89.9 Å². The number of fused-ring (bicyclic) bond motifs is 1. The van der Waals surface area contributed by atoms with Crippen LogP contribution in [0.15, 0.2) is 54.6 Å². The van der Waals surface area contributed by atoms with Crippen LogP contribution in [-0.4, -0.2) is 52.7 Å². The molecule has 0 spiro atoms. The van der Waals surface area contributed by atoms with Crippen LogP contribution in [0.1, 0.15) is 44.1 Å². The molecule has 2 fully saturated rings. The molecule has 6 heteroatoms. The molecule has 0 radical (unpaired) electrons. The highest BCUT2D eigenvalue weighted by molar-refractivity contribution is 5.89. The van der Waals surface area contributed by atoms with Gasteiger partial charge in [0.2, 0.25) is 0 Å². The van der Waals surface area contributed by atoms with Gasteiger partial charge in [-0.3, -0.25) is 4.90 Å².